The van der Waals surface area contributed by atoms with Crippen LogP contribution >= 0.6 is 11.8 Å². The summed E-state index contributed by atoms with van der Waals surface area (Å²) >= 11 is 1.51. The van der Waals surface area contributed by atoms with E-state index in [2.05, 4.69) is 30.0 Å². The Bertz CT molecular complexity index is 2020. The van der Waals surface area contributed by atoms with Crippen molar-refractivity contribution in [2.24, 2.45) is 0 Å². The van der Waals surface area contributed by atoms with Crippen LogP contribution in [-0.4, -0.2) is 54.2 Å². The number of aromatic nitrogens is 4. The molecule has 2 N–H and O–H groups in total. The molecule has 0 unspecified atom stereocenters. The van der Waals surface area contributed by atoms with Crippen molar-refractivity contribution < 1.29 is 27.4 Å². The van der Waals surface area contributed by atoms with E-state index in [1.165, 1.54) is 43.4 Å². The zero-order chi connectivity index (χ0) is 35.0. The molecule has 0 radical (unpaired) electrons. The number of thioether (sulfide) groups is 1. The molecule has 2 aromatic heterocycles. The number of hydrogen-bond acceptors (Lipinski definition) is 11. The number of carbonyl (C=O) groups excluding carboxylic acids is 1. The summed E-state index contributed by atoms with van der Waals surface area (Å²) in [5, 5.41) is 2.90. The summed E-state index contributed by atoms with van der Waals surface area (Å²) < 4.78 is 47.9. The van der Waals surface area contributed by atoms with Crippen LogP contribution in [0.4, 0.5) is 11.5 Å². The van der Waals surface area contributed by atoms with Gasteiger partial charge in [0.1, 0.15) is 0 Å². The standard InChI is InChI=1S/C35H36N6O6S2/c1-35(2,3)23-15-17-24(18-16-23)49(43,44)41-31-30(47-27-13-8-7-12-26(27)45-4)34(40-33(39-31)32-36-20-10-21-37-32)46-22-19-29(42)38-25-11-6-9-14-28(25)48-5/h6-18,20-21H,19,22H2,1-5H3,(H,38,42)(H,39,40,41). The van der Waals surface area contributed by atoms with Gasteiger partial charge in [0, 0.05) is 17.3 Å². The molecule has 2 heterocycles. The first-order chi connectivity index (χ1) is 23.5. The van der Waals surface area contributed by atoms with Crippen molar-refractivity contribution in [2.75, 3.05) is 30.0 Å². The van der Waals surface area contributed by atoms with Crippen LogP contribution < -0.4 is 24.2 Å². The van der Waals surface area contributed by atoms with Gasteiger partial charge in [-0.2, -0.15) is 4.98 Å². The highest BCUT2D eigenvalue weighted by Gasteiger charge is 2.26. The van der Waals surface area contributed by atoms with Crippen molar-refractivity contribution in [1.82, 2.24) is 19.9 Å². The Hall–Kier alpha value is -5.21. The molecular formula is C35H36N6O6S2. The van der Waals surface area contributed by atoms with Crippen LogP contribution in [0, 0.1) is 0 Å². The number of nitrogens with one attached hydrogen (secondary N) is 2. The van der Waals surface area contributed by atoms with Gasteiger partial charge in [-0.1, -0.05) is 57.2 Å². The lowest BCUT2D eigenvalue weighted by Crippen LogP contribution is -2.18. The highest BCUT2D eigenvalue weighted by molar-refractivity contribution is 7.98. The average Bonchev–Trinajstić information content (AvgIpc) is 3.09. The minimum atomic E-state index is -4.21. The smallest absolute Gasteiger partial charge is 0.263 e. The lowest BCUT2D eigenvalue weighted by Gasteiger charge is -2.20. The predicted octanol–water partition coefficient (Wildman–Crippen LogP) is 6.96. The number of rotatable bonds is 13. The number of ether oxygens (including phenoxy) is 3. The van der Waals surface area contributed by atoms with Gasteiger partial charge in [0.25, 0.3) is 15.9 Å². The zero-order valence-corrected chi connectivity index (χ0v) is 29.3. The number of sulfonamides is 1. The zero-order valence-electron chi connectivity index (χ0n) is 27.6. The maximum atomic E-state index is 13.8. The van der Waals surface area contributed by atoms with Crippen molar-refractivity contribution in [2.45, 2.75) is 42.4 Å². The number of carbonyl (C=O) groups is 1. The largest absolute Gasteiger partial charge is 0.493 e. The van der Waals surface area contributed by atoms with Crippen molar-refractivity contribution in [3.63, 3.8) is 0 Å². The molecule has 3 aromatic carbocycles. The van der Waals surface area contributed by atoms with Crippen LogP contribution in [0.1, 0.15) is 32.8 Å². The van der Waals surface area contributed by atoms with E-state index < -0.39 is 10.0 Å². The molecule has 254 valence electrons. The van der Waals surface area contributed by atoms with Crippen molar-refractivity contribution in [3.05, 3.63) is 96.8 Å². The predicted molar refractivity (Wildman–Crippen MR) is 189 cm³/mol. The van der Waals surface area contributed by atoms with Crippen molar-refractivity contribution in [3.8, 4) is 34.8 Å². The molecule has 0 atom stereocenters. The number of methoxy groups -OCH3 is 1. The molecule has 0 spiro atoms. The van der Waals surface area contributed by atoms with E-state index in [1.54, 1.807) is 42.5 Å². The van der Waals surface area contributed by atoms with Gasteiger partial charge >= 0.3 is 0 Å². The first-order valence-corrected chi connectivity index (χ1v) is 17.9. The molecule has 0 fully saturated rings. The van der Waals surface area contributed by atoms with Crippen LogP contribution in [0.5, 0.6) is 23.1 Å². The molecule has 0 aliphatic carbocycles. The maximum Gasteiger partial charge on any atom is 0.263 e. The van der Waals surface area contributed by atoms with Crippen LogP contribution in [0.2, 0.25) is 0 Å². The fourth-order valence-corrected chi connectivity index (χ4v) is 6.10. The molecule has 5 rings (SSSR count). The molecule has 1 amide bonds. The van der Waals surface area contributed by atoms with E-state index in [0.717, 1.165) is 10.5 Å². The lowest BCUT2D eigenvalue weighted by atomic mass is 9.87. The Balaban J connectivity index is 1.54. The van der Waals surface area contributed by atoms with Gasteiger partial charge in [-0.25, -0.2) is 23.4 Å². The Labute approximate surface area is 289 Å². The number of nitrogens with zero attached hydrogens (tertiary/aromatic N) is 4. The molecule has 0 saturated carbocycles. The van der Waals surface area contributed by atoms with E-state index in [4.69, 9.17) is 14.2 Å². The lowest BCUT2D eigenvalue weighted by molar-refractivity contribution is -0.116. The average molecular weight is 701 g/mol. The Morgan fingerprint density at radius 1 is 0.857 bits per heavy atom. The number of anilines is 2. The second-order valence-electron chi connectivity index (χ2n) is 11.6. The van der Waals surface area contributed by atoms with Gasteiger partial charge in [0.15, 0.2) is 23.1 Å². The Morgan fingerprint density at radius 2 is 1.53 bits per heavy atom. The monoisotopic (exact) mass is 700 g/mol. The van der Waals surface area contributed by atoms with E-state index >= 15 is 0 Å². The minimum Gasteiger partial charge on any atom is -0.493 e. The summed E-state index contributed by atoms with van der Waals surface area (Å²) in [7, 11) is -2.73. The van der Waals surface area contributed by atoms with Crippen LogP contribution in [-0.2, 0) is 20.2 Å². The SMILES string of the molecule is COc1ccccc1Oc1c(NS(=O)(=O)c2ccc(C(C)(C)C)cc2)nc(-c2ncccn2)nc1OCCC(=O)Nc1ccccc1SC. The summed E-state index contributed by atoms with van der Waals surface area (Å²) in [6.45, 7) is 5.98. The minimum absolute atomic E-state index is 0.00419. The quantitative estimate of drug-likeness (QED) is 0.123. The molecule has 0 aliphatic heterocycles. The molecule has 49 heavy (non-hydrogen) atoms. The first-order valence-electron chi connectivity index (χ1n) is 15.2. The summed E-state index contributed by atoms with van der Waals surface area (Å²) in [5.74, 6) is -0.176. The van der Waals surface area contributed by atoms with Gasteiger partial charge in [-0.05, 0) is 59.7 Å². The summed E-state index contributed by atoms with van der Waals surface area (Å²) in [6.07, 6.45) is 4.87. The van der Waals surface area contributed by atoms with Gasteiger partial charge in [-0.3, -0.25) is 9.52 Å². The summed E-state index contributed by atoms with van der Waals surface area (Å²) in [5.41, 5.74) is 1.47. The fourth-order valence-electron chi connectivity index (χ4n) is 4.54. The second kappa shape index (κ2) is 15.3. The number of amides is 1. The third-order valence-electron chi connectivity index (χ3n) is 7.09. The fraction of sp³-hybridized carbons (Fsp3) is 0.229. The van der Waals surface area contributed by atoms with E-state index in [9.17, 15) is 13.2 Å². The van der Waals surface area contributed by atoms with Crippen molar-refractivity contribution in [1.29, 1.82) is 0 Å². The molecule has 0 aliphatic rings. The normalized spacial score (nSPS) is 11.4. The third kappa shape index (κ3) is 8.83. The highest BCUT2D eigenvalue weighted by atomic mass is 32.2. The van der Waals surface area contributed by atoms with Crippen molar-refractivity contribution >= 4 is 39.2 Å². The number of hydrogen-bond donors (Lipinski definition) is 2. The van der Waals surface area contributed by atoms with Gasteiger partial charge < -0.3 is 19.5 Å². The van der Waals surface area contributed by atoms with Crippen LogP contribution in [0.15, 0.2) is 101 Å². The third-order valence-corrected chi connectivity index (χ3v) is 9.24. The maximum absolute atomic E-state index is 13.8. The number of para-hydroxylation sites is 3. The molecule has 0 saturated heterocycles. The Kier molecular flexibility index (Phi) is 11.0. The van der Waals surface area contributed by atoms with Crippen LogP contribution in [0.3, 0.4) is 0 Å². The van der Waals surface area contributed by atoms with Crippen LogP contribution in [0.25, 0.3) is 11.6 Å². The molecule has 0 bridgehead atoms. The van der Waals surface area contributed by atoms with Gasteiger partial charge in [0.05, 0.1) is 30.7 Å². The summed E-state index contributed by atoms with van der Waals surface area (Å²) in [6, 6.07) is 22.5. The first kappa shape index (κ1) is 35.1. The van der Waals surface area contributed by atoms with E-state index in [0.29, 0.717) is 11.4 Å². The molecular weight excluding hydrogens is 665 g/mol. The molecule has 5 aromatic rings. The molecule has 14 heteroatoms. The van der Waals surface area contributed by atoms with E-state index in [-0.39, 0.29) is 64.1 Å². The van der Waals surface area contributed by atoms with Gasteiger partial charge in [0.2, 0.25) is 17.5 Å². The highest BCUT2D eigenvalue weighted by Crippen LogP contribution is 2.41. The van der Waals surface area contributed by atoms with E-state index in [1.807, 2.05) is 51.3 Å². The topological polar surface area (TPSA) is 155 Å². The summed E-state index contributed by atoms with van der Waals surface area (Å²) in [4.78, 5) is 31.3. The van der Waals surface area contributed by atoms with Gasteiger partial charge in [-0.15, -0.1) is 11.8 Å². The second-order valence-corrected chi connectivity index (χ2v) is 14.1. The Morgan fingerprint density at radius 3 is 2.20 bits per heavy atom. The molecule has 12 nitrogen and oxygen atoms in total. The number of benzene rings is 3.